The number of rotatable bonds is 10. The molecule has 2 N–H and O–H groups in total. The zero-order chi connectivity index (χ0) is 30.0. The summed E-state index contributed by atoms with van der Waals surface area (Å²) in [7, 11) is 0. The van der Waals surface area contributed by atoms with Crippen molar-refractivity contribution in [2.24, 2.45) is 22.7 Å². The first-order valence-electron chi connectivity index (χ1n) is 15.3. The Kier molecular flexibility index (Phi) is 9.60. The van der Waals surface area contributed by atoms with E-state index in [9.17, 15) is 5.11 Å². The van der Waals surface area contributed by atoms with Crippen LogP contribution in [0.5, 0.6) is 0 Å². The molecule has 42 heavy (non-hydrogen) atoms. The molecular formula is C34H44ClN5O2. The summed E-state index contributed by atoms with van der Waals surface area (Å²) in [6.07, 6.45) is 7.80. The number of aryl methyl sites for hydroxylation is 3. The lowest BCUT2D eigenvalue weighted by molar-refractivity contribution is -0.0264. The zero-order valence-corrected chi connectivity index (χ0v) is 26.4. The van der Waals surface area contributed by atoms with Crippen molar-refractivity contribution < 1.29 is 9.84 Å². The fraction of sp³-hybridized carbons (Fsp3) is 0.529. The molecule has 0 spiro atoms. The third-order valence-corrected chi connectivity index (χ3v) is 9.36. The van der Waals surface area contributed by atoms with E-state index in [0.717, 1.165) is 65.9 Å². The zero-order valence-electron chi connectivity index (χ0n) is 25.7. The molecule has 1 saturated heterocycles. The monoisotopic (exact) mass is 589 g/mol. The van der Waals surface area contributed by atoms with Crippen LogP contribution in [-0.4, -0.2) is 44.6 Å². The first-order chi connectivity index (χ1) is 20.1. The molecule has 0 aromatic carbocycles. The van der Waals surface area contributed by atoms with E-state index in [0.29, 0.717) is 35.1 Å². The Hall–Kier alpha value is -2.87. The van der Waals surface area contributed by atoms with Crippen molar-refractivity contribution in [3.05, 3.63) is 64.2 Å². The number of nitrogens with zero attached hydrogens (tertiary/aromatic N) is 4. The van der Waals surface area contributed by atoms with Crippen LogP contribution in [0, 0.1) is 31.6 Å². The normalized spacial score (nSPS) is 23.6. The van der Waals surface area contributed by atoms with E-state index in [1.54, 1.807) is 0 Å². The van der Waals surface area contributed by atoms with Crippen molar-refractivity contribution in [3.8, 4) is 11.1 Å². The molecule has 4 unspecified atom stereocenters. The molecule has 224 valence electrons. The van der Waals surface area contributed by atoms with Crippen LogP contribution in [0.3, 0.4) is 0 Å². The number of nitrogens with one attached hydrogen (secondary N) is 1. The molecule has 3 aromatic rings. The summed E-state index contributed by atoms with van der Waals surface area (Å²) in [5, 5.41) is 14.9. The van der Waals surface area contributed by atoms with Crippen LogP contribution < -0.4 is 5.32 Å². The molecule has 0 bridgehead atoms. The SMILES string of the molecule is CCC(C)CC(O)[C@H]1OCC(CC(C)=Nc2nc(NC3CCc4cc(-c5ccc(C)nc5)cnc43)c(Cl)cc2C)[C@H]1C. The van der Waals surface area contributed by atoms with E-state index >= 15 is 0 Å². The van der Waals surface area contributed by atoms with Crippen molar-refractivity contribution in [2.75, 3.05) is 11.9 Å². The van der Waals surface area contributed by atoms with Crippen molar-refractivity contribution in [2.45, 2.75) is 91.9 Å². The minimum Gasteiger partial charge on any atom is -0.390 e. The third kappa shape index (κ3) is 6.85. The largest absolute Gasteiger partial charge is 0.390 e. The van der Waals surface area contributed by atoms with Gasteiger partial charge in [-0.3, -0.25) is 9.97 Å². The highest BCUT2D eigenvalue weighted by molar-refractivity contribution is 6.33. The molecule has 1 fully saturated rings. The fourth-order valence-corrected chi connectivity index (χ4v) is 6.45. The van der Waals surface area contributed by atoms with Crippen LogP contribution in [0.15, 0.2) is 41.7 Å². The lowest BCUT2D eigenvalue weighted by atomic mass is 9.84. The second-order valence-corrected chi connectivity index (χ2v) is 12.8. The maximum absolute atomic E-state index is 10.8. The molecule has 1 aliphatic carbocycles. The number of pyridine rings is 3. The number of aromatic nitrogens is 3. The molecule has 1 aliphatic heterocycles. The van der Waals surface area contributed by atoms with Crippen molar-refractivity contribution >= 4 is 28.9 Å². The second kappa shape index (κ2) is 13.2. The summed E-state index contributed by atoms with van der Waals surface area (Å²) < 4.78 is 6.08. The highest BCUT2D eigenvalue weighted by atomic mass is 35.5. The van der Waals surface area contributed by atoms with Gasteiger partial charge in [-0.25, -0.2) is 9.98 Å². The summed E-state index contributed by atoms with van der Waals surface area (Å²) in [5.74, 6) is 2.38. The Morgan fingerprint density at radius 1 is 1.19 bits per heavy atom. The van der Waals surface area contributed by atoms with Gasteiger partial charge in [-0.05, 0) is 93.5 Å². The van der Waals surface area contributed by atoms with Crippen LogP contribution in [0.25, 0.3) is 11.1 Å². The lowest BCUT2D eigenvalue weighted by Crippen LogP contribution is -2.32. The fourth-order valence-electron chi connectivity index (χ4n) is 6.19. The number of fused-ring (bicyclic) bond motifs is 1. The van der Waals surface area contributed by atoms with Gasteiger partial charge in [0, 0.05) is 34.9 Å². The Labute approximate surface area is 255 Å². The standard InChI is InChI=1S/C34H44ClN5O2/c1-7-19(2)12-30(41)32-23(6)27(18-42-32)14-22(5)38-33-20(3)13-28(35)34(40-33)39-29-11-10-24-15-26(17-37-31(24)29)25-9-8-21(4)36-16-25/h8-9,13,15-17,19,23,27,29-30,32,41H,7,10-12,14,18H2,1-6H3,(H,39,40)/t19?,23-,27?,29?,30?,32+/m1/s1. The summed E-state index contributed by atoms with van der Waals surface area (Å²) in [6.45, 7) is 13.2. The molecule has 6 atom stereocenters. The van der Waals surface area contributed by atoms with E-state index in [1.807, 2.05) is 38.4 Å². The van der Waals surface area contributed by atoms with Gasteiger partial charge in [-0.15, -0.1) is 0 Å². The molecule has 5 rings (SSSR count). The molecular weight excluding hydrogens is 546 g/mol. The predicted molar refractivity (Wildman–Crippen MR) is 171 cm³/mol. The average Bonchev–Trinajstić information content (AvgIpc) is 3.54. The van der Waals surface area contributed by atoms with Crippen LogP contribution in [0.1, 0.15) is 81.9 Å². The van der Waals surface area contributed by atoms with Crippen LogP contribution >= 0.6 is 11.6 Å². The molecule has 0 saturated carbocycles. The average molecular weight is 590 g/mol. The third-order valence-electron chi connectivity index (χ3n) is 9.07. The van der Waals surface area contributed by atoms with Gasteiger partial charge < -0.3 is 15.2 Å². The van der Waals surface area contributed by atoms with Crippen molar-refractivity contribution in [1.29, 1.82) is 0 Å². The number of ether oxygens (including phenoxy) is 1. The maximum atomic E-state index is 10.8. The summed E-state index contributed by atoms with van der Waals surface area (Å²) in [6, 6.07) is 8.31. The van der Waals surface area contributed by atoms with E-state index in [2.05, 4.69) is 50.1 Å². The summed E-state index contributed by atoms with van der Waals surface area (Å²) in [5.41, 5.74) is 7.37. The van der Waals surface area contributed by atoms with Gasteiger partial charge in [0.05, 0.1) is 35.6 Å². The highest BCUT2D eigenvalue weighted by Gasteiger charge is 2.38. The van der Waals surface area contributed by atoms with Gasteiger partial charge in [0.15, 0.2) is 5.82 Å². The number of aliphatic imine (C=N–C) groups is 1. The van der Waals surface area contributed by atoms with Gasteiger partial charge in [0.2, 0.25) is 0 Å². The number of aliphatic hydroxyl groups is 1. The highest BCUT2D eigenvalue weighted by Crippen LogP contribution is 2.38. The lowest BCUT2D eigenvalue weighted by Gasteiger charge is -2.25. The minimum absolute atomic E-state index is 0.0334. The van der Waals surface area contributed by atoms with Crippen molar-refractivity contribution in [3.63, 3.8) is 0 Å². The minimum atomic E-state index is -0.424. The first-order valence-corrected chi connectivity index (χ1v) is 15.7. The molecule has 8 heteroatoms. The van der Waals surface area contributed by atoms with E-state index < -0.39 is 6.10 Å². The number of anilines is 1. The summed E-state index contributed by atoms with van der Waals surface area (Å²) in [4.78, 5) is 19.1. The molecule has 4 heterocycles. The topological polar surface area (TPSA) is 92.5 Å². The summed E-state index contributed by atoms with van der Waals surface area (Å²) >= 11 is 6.67. The van der Waals surface area contributed by atoms with Gasteiger partial charge in [-0.1, -0.05) is 44.9 Å². The molecule has 2 aliphatic rings. The maximum Gasteiger partial charge on any atom is 0.157 e. The Morgan fingerprint density at radius 2 is 1.98 bits per heavy atom. The van der Waals surface area contributed by atoms with Crippen LogP contribution in [0.4, 0.5) is 11.6 Å². The van der Waals surface area contributed by atoms with Gasteiger partial charge in [-0.2, -0.15) is 0 Å². The molecule has 3 aromatic heterocycles. The van der Waals surface area contributed by atoms with Gasteiger partial charge >= 0.3 is 0 Å². The van der Waals surface area contributed by atoms with Crippen LogP contribution in [0.2, 0.25) is 5.02 Å². The van der Waals surface area contributed by atoms with Gasteiger partial charge in [0.1, 0.15) is 5.82 Å². The van der Waals surface area contributed by atoms with E-state index in [-0.39, 0.29) is 18.1 Å². The van der Waals surface area contributed by atoms with E-state index in [1.165, 1.54) is 5.56 Å². The number of hydrogen-bond acceptors (Lipinski definition) is 7. The number of hydrogen-bond donors (Lipinski definition) is 2. The Bertz CT molecular complexity index is 1430. The predicted octanol–water partition coefficient (Wildman–Crippen LogP) is 7.84. The molecule has 7 nitrogen and oxygen atoms in total. The number of aliphatic hydroxyl groups excluding tert-OH is 1. The number of halogens is 1. The Morgan fingerprint density at radius 3 is 2.71 bits per heavy atom. The smallest absolute Gasteiger partial charge is 0.157 e. The molecule has 0 radical (unpaired) electrons. The van der Waals surface area contributed by atoms with Crippen molar-refractivity contribution in [1.82, 2.24) is 15.0 Å². The second-order valence-electron chi connectivity index (χ2n) is 12.4. The van der Waals surface area contributed by atoms with Crippen LogP contribution in [-0.2, 0) is 11.2 Å². The quantitative estimate of drug-likeness (QED) is 0.234. The Balaban J connectivity index is 1.27. The molecule has 0 amide bonds. The van der Waals surface area contributed by atoms with Gasteiger partial charge in [0.25, 0.3) is 0 Å². The van der Waals surface area contributed by atoms with E-state index in [4.69, 9.17) is 31.3 Å². The first kappa shape index (κ1) is 30.6.